The molecule has 2 aromatic heterocycles. The van der Waals surface area contributed by atoms with Crippen LogP contribution in [0.15, 0.2) is 41.8 Å². The van der Waals surface area contributed by atoms with Crippen LogP contribution in [0.2, 0.25) is 0 Å². The fourth-order valence-electron chi connectivity index (χ4n) is 3.50. The Morgan fingerprint density at radius 2 is 1.94 bits per heavy atom. The maximum absolute atomic E-state index is 11.2. The lowest BCUT2D eigenvalue weighted by molar-refractivity contribution is -0.667. The summed E-state index contributed by atoms with van der Waals surface area (Å²) in [4.78, 5) is 11.1. The Labute approximate surface area is 192 Å². The maximum atomic E-state index is 11.2. The lowest BCUT2D eigenvalue weighted by Crippen LogP contribution is -2.36. The number of nitrogens with zero attached hydrogens (tertiary/aromatic N) is 1. The molecule has 0 radical (unpaired) electrons. The zero-order valence-electron chi connectivity index (χ0n) is 17.0. The monoisotopic (exact) mass is 490 g/mol. The van der Waals surface area contributed by atoms with Gasteiger partial charge in [0.25, 0.3) is 15.1 Å². The van der Waals surface area contributed by atoms with Gasteiger partial charge in [-0.1, -0.05) is 23.5 Å². The Balaban J connectivity index is 1.79. The summed E-state index contributed by atoms with van der Waals surface area (Å²) in [5, 5.41) is 12.9. The molecule has 2 N–H and O–H groups in total. The van der Waals surface area contributed by atoms with Crippen LogP contribution in [0.25, 0.3) is 32.5 Å². The molecule has 32 heavy (non-hydrogen) atoms. The van der Waals surface area contributed by atoms with Crippen molar-refractivity contribution in [2.75, 3.05) is 12.9 Å². The molecule has 0 saturated heterocycles. The number of methoxy groups -OCH3 is 1. The average Bonchev–Trinajstić information content (AvgIpc) is 3.35. The van der Waals surface area contributed by atoms with E-state index in [1.54, 1.807) is 54.0 Å². The van der Waals surface area contributed by atoms with Gasteiger partial charge >= 0.3 is 5.97 Å². The first-order chi connectivity index (χ1) is 15.3. The van der Waals surface area contributed by atoms with E-state index in [-0.39, 0.29) is 17.7 Å². The van der Waals surface area contributed by atoms with Crippen LogP contribution in [-0.2, 0) is 16.7 Å². The molecule has 0 unspecified atom stereocenters. The number of rotatable bonds is 8. The third-order valence-corrected chi connectivity index (χ3v) is 7.79. The van der Waals surface area contributed by atoms with Gasteiger partial charge in [-0.3, -0.25) is 4.55 Å². The van der Waals surface area contributed by atoms with Crippen molar-refractivity contribution in [2.45, 2.75) is 13.0 Å². The van der Waals surface area contributed by atoms with E-state index in [1.165, 1.54) is 0 Å². The first-order valence-corrected chi connectivity index (χ1v) is 12.9. The van der Waals surface area contributed by atoms with Crippen LogP contribution in [0.1, 0.15) is 27.3 Å². The van der Waals surface area contributed by atoms with Crippen molar-refractivity contribution >= 4 is 71.2 Å². The fourth-order valence-corrected chi connectivity index (χ4v) is 6.15. The third-order valence-electron chi connectivity index (χ3n) is 4.97. The molecule has 10 heteroatoms. The van der Waals surface area contributed by atoms with Crippen LogP contribution in [0.3, 0.4) is 0 Å². The molecule has 0 amide bonds. The van der Waals surface area contributed by atoms with Gasteiger partial charge in [0.05, 0.1) is 18.4 Å². The lowest BCUT2D eigenvalue weighted by Gasteiger charge is -2.02. The van der Waals surface area contributed by atoms with E-state index in [4.69, 9.17) is 14.4 Å². The number of carboxylic acid groups (broad SMARTS) is 1. The van der Waals surface area contributed by atoms with E-state index in [9.17, 15) is 13.2 Å². The van der Waals surface area contributed by atoms with Gasteiger partial charge in [0.1, 0.15) is 15.1 Å². The maximum Gasteiger partial charge on any atom is 0.335 e. The van der Waals surface area contributed by atoms with E-state index >= 15 is 0 Å². The zero-order valence-corrected chi connectivity index (χ0v) is 19.5. The minimum atomic E-state index is -4.05. The number of carboxylic acids is 1. The van der Waals surface area contributed by atoms with Crippen molar-refractivity contribution in [3.05, 3.63) is 57.9 Å². The molecule has 0 spiro atoms. The first-order valence-electron chi connectivity index (χ1n) is 9.64. The van der Waals surface area contributed by atoms with Gasteiger partial charge in [-0.05, 0) is 35.2 Å². The molecule has 0 aliphatic heterocycles. The molecule has 0 atom stereocenters. The Morgan fingerprint density at radius 3 is 2.59 bits per heavy atom. The predicted molar refractivity (Wildman–Crippen MR) is 127 cm³/mol. The number of hydrogen-bond acceptors (Lipinski definition) is 6. The summed E-state index contributed by atoms with van der Waals surface area (Å²) in [6.45, 7) is 0.413. The van der Waals surface area contributed by atoms with Gasteiger partial charge in [-0.25, -0.2) is 4.79 Å². The molecular formula is C22H20NO6S3+. The van der Waals surface area contributed by atoms with Crippen molar-refractivity contribution in [1.82, 2.24) is 0 Å². The number of hydrogen-bond donors (Lipinski definition) is 2. The summed E-state index contributed by atoms with van der Waals surface area (Å²) in [7, 11) is -2.41. The molecule has 166 valence electrons. The molecule has 4 rings (SSSR count). The summed E-state index contributed by atoms with van der Waals surface area (Å²) in [5.41, 5.74) is 2.06. The minimum absolute atomic E-state index is 0.219. The normalized spacial score (nSPS) is 12.2. The SMILES string of the molecule is COc1cc2sc(C=Cc3ccc(C(=O)O)cc3)[n+](CCCS(=O)(=O)O)c2c2sccc12. The molecular weight excluding hydrogens is 470 g/mol. The fraction of sp³-hybridized carbons (Fsp3) is 0.182. The zero-order chi connectivity index (χ0) is 22.9. The number of fused-ring (bicyclic) bond motifs is 3. The molecule has 0 aliphatic rings. The Morgan fingerprint density at radius 1 is 1.19 bits per heavy atom. The number of thiazole rings is 1. The predicted octanol–water partition coefficient (Wildman–Crippen LogP) is 4.56. The number of benzene rings is 2. The first kappa shape index (κ1) is 22.4. The number of thiophene rings is 1. The summed E-state index contributed by atoms with van der Waals surface area (Å²) in [6, 6.07) is 10.5. The van der Waals surface area contributed by atoms with Crippen molar-refractivity contribution in [2.24, 2.45) is 0 Å². The number of aromatic nitrogens is 1. The Hall–Kier alpha value is -2.79. The van der Waals surface area contributed by atoms with Gasteiger partial charge in [0.2, 0.25) is 5.52 Å². The van der Waals surface area contributed by atoms with E-state index in [0.717, 1.165) is 36.6 Å². The lowest BCUT2D eigenvalue weighted by atomic mass is 10.1. The number of aromatic carboxylic acids is 1. The van der Waals surface area contributed by atoms with Crippen LogP contribution >= 0.6 is 22.7 Å². The highest BCUT2D eigenvalue weighted by Crippen LogP contribution is 2.38. The van der Waals surface area contributed by atoms with Crippen molar-refractivity contribution in [3.8, 4) is 5.75 Å². The second-order valence-electron chi connectivity index (χ2n) is 7.08. The second kappa shape index (κ2) is 8.99. The van der Waals surface area contributed by atoms with E-state index in [0.29, 0.717) is 6.54 Å². The Kier molecular flexibility index (Phi) is 6.29. The highest BCUT2D eigenvalue weighted by molar-refractivity contribution is 7.85. The second-order valence-corrected chi connectivity index (χ2v) is 10.6. The quantitative estimate of drug-likeness (QED) is 0.277. The smallest absolute Gasteiger partial charge is 0.335 e. The van der Waals surface area contributed by atoms with Gasteiger partial charge in [0, 0.05) is 23.9 Å². The average molecular weight is 491 g/mol. The highest BCUT2D eigenvalue weighted by Gasteiger charge is 2.24. The highest BCUT2D eigenvalue weighted by atomic mass is 32.2. The van der Waals surface area contributed by atoms with E-state index < -0.39 is 16.1 Å². The Bertz CT molecular complexity index is 1430. The molecule has 7 nitrogen and oxygen atoms in total. The van der Waals surface area contributed by atoms with Crippen molar-refractivity contribution in [3.63, 3.8) is 0 Å². The molecule has 4 aromatic rings. The van der Waals surface area contributed by atoms with Gasteiger partial charge in [0.15, 0.2) is 6.54 Å². The van der Waals surface area contributed by atoms with Crippen LogP contribution < -0.4 is 9.30 Å². The molecule has 0 bridgehead atoms. The van der Waals surface area contributed by atoms with Gasteiger partial charge < -0.3 is 9.84 Å². The number of ether oxygens (including phenoxy) is 1. The van der Waals surface area contributed by atoms with Gasteiger partial charge in [-0.2, -0.15) is 13.0 Å². The number of aryl methyl sites for hydroxylation is 1. The minimum Gasteiger partial charge on any atom is -0.496 e. The largest absolute Gasteiger partial charge is 0.496 e. The molecule has 2 aromatic carbocycles. The topological polar surface area (TPSA) is 105 Å². The van der Waals surface area contributed by atoms with Crippen LogP contribution in [0, 0.1) is 0 Å². The number of carbonyl (C=O) groups is 1. The summed E-state index contributed by atoms with van der Waals surface area (Å²) >= 11 is 3.14. The summed E-state index contributed by atoms with van der Waals surface area (Å²) < 4.78 is 41.3. The summed E-state index contributed by atoms with van der Waals surface area (Å²) in [6.07, 6.45) is 4.08. The summed E-state index contributed by atoms with van der Waals surface area (Å²) in [5.74, 6) is -0.517. The van der Waals surface area contributed by atoms with Crippen molar-refractivity contribution < 1.29 is 32.2 Å². The van der Waals surface area contributed by atoms with E-state index in [1.807, 2.05) is 29.7 Å². The third kappa shape index (κ3) is 4.68. The van der Waals surface area contributed by atoms with Crippen LogP contribution in [0.5, 0.6) is 5.75 Å². The van der Waals surface area contributed by atoms with Crippen molar-refractivity contribution in [1.29, 1.82) is 0 Å². The molecule has 2 heterocycles. The molecule has 0 aliphatic carbocycles. The molecule has 0 saturated carbocycles. The van der Waals surface area contributed by atoms with Crippen LogP contribution in [-0.4, -0.2) is 36.9 Å². The van der Waals surface area contributed by atoms with Gasteiger partial charge in [-0.15, -0.1) is 11.3 Å². The van der Waals surface area contributed by atoms with Crippen LogP contribution in [0.4, 0.5) is 0 Å². The standard InChI is InChI=1S/C22H19NO6S3/c1-29-17-13-18-20(21-16(17)9-11-30-21)23(10-2-12-32(26,27)28)19(31-18)8-5-14-3-6-15(7-4-14)22(24)25/h3-9,11,13H,2,10,12H2,1H3,(H-,24,25,26,27,28)/p+1. The van der Waals surface area contributed by atoms with E-state index in [2.05, 4.69) is 4.57 Å². The molecule has 0 fully saturated rings.